The van der Waals surface area contributed by atoms with Gasteiger partial charge in [-0.1, -0.05) is 30.3 Å². The SMILES string of the molecule is CS(=O)(=O)NCCC(=O)N[C@@H](CN1CCCC1=O)c1ccccc1. The number of nitrogens with one attached hydrogen (secondary N) is 2. The van der Waals surface area contributed by atoms with Gasteiger partial charge in [0.1, 0.15) is 0 Å². The highest BCUT2D eigenvalue weighted by molar-refractivity contribution is 7.88. The fraction of sp³-hybridized carbons (Fsp3) is 0.500. The normalized spacial score (nSPS) is 16.2. The number of nitrogens with zero attached hydrogens (tertiary/aromatic N) is 1. The molecule has 0 aromatic heterocycles. The van der Waals surface area contributed by atoms with Crippen LogP contribution in [0.2, 0.25) is 0 Å². The standard InChI is InChI=1S/C16H23N3O4S/c1-24(22,23)17-10-9-15(20)18-14(13-6-3-2-4-7-13)12-19-11-5-8-16(19)21/h2-4,6-7,14,17H,5,8-12H2,1H3,(H,18,20)/t14-/m0/s1. The maximum Gasteiger partial charge on any atom is 0.222 e. The molecule has 0 saturated carbocycles. The quantitative estimate of drug-likeness (QED) is 0.707. The van der Waals surface area contributed by atoms with E-state index < -0.39 is 10.0 Å². The van der Waals surface area contributed by atoms with Gasteiger partial charge in [0.05, 0.1) is 12.3 Å². The predicted octanol–water partition coefficient (Wildman–Crippen LogP) is 0.406. The van der Waals surface area contributed by atoms with Crippen molar-refractivity contribution in [1.82, 2.24) is 14.9 Å². The third kappa shape index (κ3) is 5.93. The average Bonchev–Trinajstić information content (AvgIpc) is 2.91. The molecule has 1 aliphatic heterocycles. The Kier molecular flexibility index (Phi) is 6.33. The molecule has 0 bridgehead atoms. The maximum absolute atomic E-state index is 12.1. The lowest BCUT2D eigenvalue weighted by Crippen LogP contribution is -2.39. The Labute approximate surface area is 142 Å². The van der Waals surface area contributed by atoms with Gasteiger partial charge >= 0.3 is 0 Å². The molecule has 1 aliphatic rings. The van der Waals surface area contributed by atoms with Crippen LogP contribution in [0.4, 0.5) is 0 Å². The second kappa shape index (κ2) is 8.25. The molecule has 1 heterocycles. The second-order valence-electron chi connectivity index (χ2n) is 5.89. The Bertz CT molecular complexity index is 676. The van der Waals surface area contributed by atoms with Crippen LogP contribution in [-0.2, 0) is 19.6 Å². The van der Waals surface area contributed by atoms with Crippen LogP contribution in [0.15, 0.2) is 30.3 Å². The van der Waals surface area contributed by atoms with Gasteiger partial charge in [-0.15, -0.1) is 0 Å². The van der Waals surface area contributed by atoms with E-state index in [0.717, 1.165) is 18.2 Å². The van der Waals surface area contributed by atoms with E-state index >= 15 is 0 Å². The van der Waals surface area contributed by atoms with Crippen molar-refractivity contribution in [3.8, 4) is 0 Å². The van der Waals surface area contributed by atoms with Gasteiger partial charge in [-0.05, 0) is 12.0 Å². The van der Waals surface area contributed by atoms with Crippen molar-refractivity contribution in [2.45, 2.75) is 25.3 Å². The minimum atomic E-state index is -3.31. The van der Waals surface area contributed by atoms with Crippen molar-refractivity contribution in [1.29, 1.82) is 0 Å². The highest BCUT2D eigenvalue weighted by atomic mass is 32.2. The van der Waals surface area contributed by atoms with Gasteiger partial charge in [-0.3, -0.25) is 9.59 Å². The Balaban J connectivity index is 1.97. The largest absolute Gasteiger partial charge is 0.347 e. The number of hydrogen-bond donors (Lipinski definition) is 2. The van der Waals surface area contributed by atoms with Crippen molar-refractivity contribution in [3.05, 3.63) is 35.9 Å². The van der Waals surface area contributed by atoms with Crippen LogP contribution in [-0.4, -0.2) is 51.0 Å². The van der Waals surface area contributed by atoms with Gasteiger partial charge in [-0.25, -0.2) is 13.1 Å². The van der Waals surface area contributed by atoms with E-state index in [1.54, 1.807) is 4.90 Å². The van der Waals surface area contributed by atoms with E-state index in [1.165, 1.54) is 0 Å². The fourth-order valence-electron chi connectivity index (χ4n) is 2.65. The summed E-state index contributed by atoms with van der Waals surface area (Å²) in [7, 11) is -3.31. The number of likely N-dealkylation sites (tertiary alicyclic amines) is 1. The average molecular weight is 353 g/mol. The van der Waals surface area contributed by atoms with Gasteiger partial charge in [-0.2, -0.15) is 0 Å². The molecule has 2 amide bonds. The number of carbonyl (C=O) groups is 2. The van der Waals surface area contributed by atoms with Gasteiger partial charge in [0.15, 0.2) is 0 Å². The number of hydrogen-bond acceptors (Lipinski definition) is 4. The Morgan fingerprint density at radius 3 is 2.58 bits per heavy atom. The molecule has 1 aromatic rings. The van der Waals surface area contributed by atoms with Gasteiger partial charge < -0.3 is 10.2 Å². The summed E-state index contributed by atoms with van der Waals surface area (Å²) in [6.07, 6.45) is 2.49. The molecule has 1 aromatic carbocycles. The van der Waals surface area contributed by atoms with Gasteiger partial charge in [0.2, 0.25) is 21.8 Å². The highest BCUT2D eigenvalue weighted by Gasteiger charge is 2.25. The number of rotatable bonds is 8. The Morgan fingerprint density at radius 1 is 1.29 bits per heavy atom. The first-order valence-corrected chi connectivity index (χ1v) is 9.81. The van der Waals surface area contributed by atoms with E-state index in [9.17, 15) is 18.0 Å². The number of carbonyl (C=O) groups excluding carboxylic acids is 2. The molecule has 0 spiro atoms. The summed E-state index contributed by atoms with van der Waals surface area (Å²) in [4.78, 5) is 25.7. The summed E-state index contributed by atoms with van der Waals surface area (Å²) < 4.78 is 24.4. The van der Waals surface area contributed by atoms with E-state index in [2.05, 4.69) is 10.0 Å². The molecule has 0 unspecified atom stereocenters. The summed E-state index contributed by atoms with van der Waals surface area (Å²) in [5, 5.41) is 2.90. The lowest BCUT2D eigenvalue weighted by atomic mass is 10.1. The topological polar surface area (TPSA) is 95.6 Å². The first-order valence-electron chi connectivity index (χ1n) is 7.92. The molecule has 2 rings (SSSR count). The summed E-state index contributed by atoms with van der Waals surface area (Å²) >= 11 is 0. The lowest BCUT2D eigenvalue weighted by Gasteiger charge is -2.25. The minimum Gasteiger partial charge on any atom is -0.347 e. The van der Waals surface area contributed by atoms with E-state index in [-0.39, 0.29) is 30.8 Å². The third-order valence-electron chi connectivity index (χ3n) is 3.83. The van der Waals surface area contributed by atoms with Crippen LogP contribution in [0.25, 0.3) is 0 Å². The van der Waals surface area contributed by atoms with Crippen LogP contribution in [0, 0.1) is 0 Å². The molecule has 0 radical (unpaired) electrons. The van der Waals surface area contributed by atoms with Gasteiger partial charge in [0, 0.05) is 32.5 Å². The Hall–Kier alpha value is -1.93. The molecule has 7 nitrogen and oxygen atoms in total. The Morgan fingerprint density at radius 2 is 2.00 bits per heavy atom. The van der Waals surface area contributed by atoms with Crippen molar-refractivity contribution >= 4 is 21.8 Å². The summed E-state index contributed by atoms with van der Waals surface area (Å²) in [5.41, 5.74) is 0.918. The molecule has 8 heteroatoms. The zero-order valence-corrected chi connectivity index (χ0v) is 14.5. The molecule has 1 saturated heterocycles. The fourth-order valence-corrected chi connectivity index (χ4v) is 3.13. The molecule has 2 N–H and O–H groups in total. The summed E-state index contributed by atoms with van der Waals surface area (Å²) in [6.45, 7) is 1.18. The van der Waals surface area contributed by atoms with Gasteiger partial charge in [0.25, 0.3) is 0 Å². The lowest BCUT2D eigenvalue weighted by molar-refractivity contribution is -0.129. The minimum absolute atomic E-state index is 0.0460. The van der Waals surface area contributed by atoms with E-state index in [1.807, 2.05) is 30.3 Å². The summed E-state index contributed by atoms with van der Waals surface area (Å²) in [6, 6.07) is 9.15. The third-order valence-corrected chi connectivity index (χ3v) is 4.56. The smallest absolute Gasteiger partial charge is 0.222 e. The zero-order valence-electron chi connectivity index (χ0n) is 13.7. The van der Waals surface area contributed by atoms with Crippen molar-refractivity contribution in [2.75, 3.05) is 25.9 Å². The van der Waals surface area contributed by atoms with Crippen molar-refractivity contribution in [2.24, 2.45) is 0 Å². The molecule has 1 fully saturated rings. The molecular weight excluding hydrogens is 330 g/mol. The number of amides is 2. The second-order valence-corrected chi connectivity index (χ2v) is 7.72. The maximum atomic E-state index is 12.1. The van der Waals surface area contributed by atoms with Crippen LogP contribution in [0.1, 0.15) is 30.9 Å². The first kappa shape index (κ1) is 18.4. The predicted molar refractivity (Wildman–Crippen MR) is 90.6 cm³/mol. The van der Waals surface area contributed by atoms with Crippen LogP contribution in [0.5, 0.6) is 0 Å². The molecule has 24 heavy (non-hydrogen) atoms. The number of benzene rings is 1. The summed E-state index contributed by atoms with van der Waals surface area (Å²) in [5.74, 6) is -0.157. The molecular formula is C16H23N3O4S. The molecule has 132 valence electrons. The van der Waals surface area contributed by atoms with Crippen molar-refractivity contribution < 1.29 is 18.0 Å². The molecule has 0 aliphatic carbocycles. The zero-order chi connectivity index (χ0) is 17.6. The highest BCUT2D eigenvalue weighted by Crippen LogP contribution is 2.18. The van der Waals surface area contributed by atoms with Crippen molar-refractivity contribution in [3.63, 3.8) is 0 Å². The van der Waals surface area contributed by atoms with E-state index in [0.29, 0.717) is 19.5 Å². The first-order chi connectivity index (χ1) is 11.3. The van der Waals surface area contributed by atoms with Crippen LogP contribution >= 0.6 is 0 Å². The monoisotopic (exact) mass is 353 g/mol. The number of sulfonamides is 1. The van der Waals surface area contributed by atoms with E-state index in [4.69, 9.17) is 0 Å². The van der Waals surface area contributed by atoms with Crippen LogP contribution in [0.3, 0.4) is 0 Å². The van der Waals surface area contributed by atoms with Crippen LogP contribution < -0.4 is 10.0 Å². The molecule has 1 atom stereocenters.